The summed E-state index contributed by atoms with van der Waals surface area (Å²) in [5, 5.41) is 16.7. The Morgan fingerprint density at radius 2 is 1.70 bits per heavy atom. The zero-order chi connectivity index (χ0) is 30.2. The van der Waals surface area contributed by atoms with Gasteiger partial charge >= 0.3 is 12.4 Å². The molecule has 0 aromatic carbocycles. The molecule has 2 aliphatic carbocycles. The van der Waals surface area contributed by atoms with Gasteiger partial charge in [-0.1, -0.05) is 34.6 Å². The summed E-state index contributed by atoms with van der Waals surface area (Å²) in [7, 11) is 0. The van der Waals surface area contributed by atoms with Crippen LogP contribution in [-0.2, 0) is 14.4 Å². The van der Waals surface area contributed by atoms with E-state index in [0.29, 0.717) is 6.42 Å². The van der Waals surface area contributed by atoms with Gasteiger partial charge < -0.3 is 15.5 Å². The van der Waals surface area contributed by atoms with Crippen molar-refractivity contribution in [1.82, 2.24) is 20.9 Å². The third kappa shape index (κ3) is 5.63. The van der Waals surface area contributed by atoms with Crippen molar-refractivity contribution in [2.24, 2.45) is 28.6 Å². The molecular formula is C26H35F6N5O3. The minimum Gasteiger partial charge on any atom is -0.350 e. The van der Waals surface area contributed by atoms with Crippen LogP contribution in [0.1, 0.15) is 60.3 Å². The normalized spacial score (nSPS) is 30.0. The van der Waals surface area contributed by atoms with E-state index in [1.54, 1.807) is 0 Å². The van der Waals surface area contributed by atoms with Crippen LogP contribution < -0.4 is 16.0 Å². The first-order valence-corrected chi connectivity index (χ1v) is 13.3. The number of alkyl halides is 6. The second-order valence-corrected chi connectivity index (χ2v) is 13.5. The second kappa shape index (κ2) is 9.49. The number of nitrogens with zero attached hydrogens (tertiary/aromatic N) is 2. The van der Waals surface area contributed by atoms with Crippen molar-refractivity contribution < 1.29 is 40.7 Å². The zero-order valence-electron chi connectivity index (χ0n) is 23.0. The molecule has 4 fully saturated rings. The third-order valence-electron chi connectivity index (χ3n) is 9.10. The molecule has 40 heavy (non-hydrogen) atoms. The van der Waals surface area contributed by atoms with E-state index in [1.165, 1.54) is 26.1 Å². The zero-order valence-corrected chi connectivity index (χ0v) is 23.0. The number of likely N-dealkylation sites (tertiary alicyclic amines) is 1. The lowest BCUT2D eigenvalue weighted by molar-refractivity contribution is -0.261. The lowest BCUT2D eigenvalue weighted by atomic mass is 9.84. The van der Waals surface area contributed by atoms with E-state index < -0.39 is 65.1 Å². The first kappa shape index (κ1) is 30.4. The number of nitrogens with one attached hydrogen (secondary N) is 3. The summed E-state index contributed by atoms with van der Waals surface area (Å²) in [6, 6.07) is -6.13. The average molecular weight is 580 g/mol. The molecule has 1 spiro atoms. The summed E-state index contributed by atoms with van der Waals surface area (Å²) in [5.74, 6) is -3.01. The van der Waals surface area contributed by atoms with Gasteiger partial charge in [0, 0.05) is 18.0 Å². The van der Waals surface area contributed by atoms with Crippen LogP contribution in [0.5, 0.6) is 0 Å². The highest BCUT2D eigenvalue weighted by Crippen LogP contribution is 2.65. The standard InChI is InChI=1S/C26H35F6N5O3/c1-22(2,3)17(35-21(25(27,28)29)26(30,31)32)20(40)37-11-14-15(23(14,4)5)16(37)19(39)34-13(10-33)8-12-9-24(6-7-24)36-18(12)38/h12-17,21,35H,6-9,11H2,1-5H3,(H,34,39)(H,36,38)/t12-,13+,14+,15+,16+,17-/m1/s1. The number of piperidine rings is 1. The van der Waals surface area contributed by atoms with Gasteiger partial charge in [0.15, 0.2) is 0 Å². The molecule has 2 saturated heterocycles. The molecule has 3 amide bonds. The van der Waals surface area contributed by atoms with Crippen LogP contribution in [0.15, 0.2) is 0 Å². The molecule has 224 valence electrons. The van der Waals surface area contributed by atoms with Gasteiger partial charge in [0.1, 0.15) is 12.1 Å². The fraction of sp³-hybridized carbons (Fsp3) is 0.846. The summed E-state index contributed by atoms with van der Waals surface area (Å²) >= 11 is 0. The van der Waals surface area contributed by atoms with E-state index >= 15 is 0 Å². The third-order valence-corrected chi connectivity index (χ3v) is 9.10. The van der Waals surface area contributed by atoms with E-state index in [-0.39, 0.29) is 36.2 Å². The number of carbonyl (C=O) groups is 3. The van der Waals surface area contributed by atoms with Gasteiger partial charge in [-0.3, -0.25) is 19.7 Å². The summed E-state index contributed by atoms with van der Waals surface area (Å²) < 4.78 is 80.3. The second-order valence-electron chi connectivity index (χ2n) is 13.5. The van der Waals surface area contributed by atoms with Crippen molar-refractivity contribution in [1.29, 1.82) is 5.26 Å². The maximum absolute atomic E-state index is 13.7. The molecule has 0 bridgehead atoms. The maximum atomic E-state index is 13.7. The predicted molar refractivity (Wildman–Crippen MR) is 129 cm³/mol. The smallest absolute Gasteiger partial charge is 0.350 e. The fourth-order valence-electron chi connectivity index (χ4n) is 6.55. The lowest BCUT2D eigenvalue weighted by Gasteiger charge is -2.40. The first-order chi connectivity index (χ1) is 18.1. The Hall–Kier alpha value is -2.56. The van der Waals surface area contributed by atoms with Crippen molar-refractivity contribution in [3.63, 3.8) is 0 Å². The van der Waals surface area contributed by atoms with Gasteiger partial charge in [0.05, 0.1) is 12.1 Å². The topological polar surface area (TPSA) is 114 Å². The number of amides is 3. The van der Waals surface area contributed by atoms with Crippen molar-refractivity contribution in [3.8, 4) is 6.07 Å². The van der Waals surface area contributed by atoms with Crippen LogP contribution in [0, 0.1) is 39.9 Å². The van der Waals surface area contributed by atoms with Crippen LogP contribution in [0.3, 0.4) is 0 Å². The van der Waals surface area contributed by atoms with Crippen LogP contribution >= 0.6 is 0 Å². The van der Waals surface area contributed by atoms with Crippen LogP contribution in [0.2, 0.25) is 0 Å². The molecule has 0 unspecified atom stereocenters. The van der Waals surface area contributed by atoms with E-state index in [4.69, 9.17) is 0 Å². The Bertz CT molecular complexity index is 1090. The van der Waals surface area contributed by atoms with Crippen molar-refractivity contribution in [2.45, 2.75) is 102 Å². The minimum atomic E-state index is -5.71. The molecule has 0 aromatic heterocycles. The predicted octanol–water partition coefficient (Wildman–Crippen LogP) is 3.03. The van der Waals surface area contributed by atoms with Gasteiger partial charge in [-0.2, -0.15) is 31.6 Å². The Labute approximate surface area is 228 Å². The van der Waals surface area contributed by atoms with Crippen LogP contribution in [0.4, 0.5) is 26.3 Å². The Morgan fingerprint density at radius 3 is 2.15 bits per heavy atom. The monoisotopic (exact) mass is 579 g/mol. The highest BCUT2D eigenvalue weighted by atomic mass is 19.4. The van der Waals surface area contributed by atoms with Crippen molar-refractivity contribution in [2.75, 3.05) is 6.54 Å². The molecular weight excluding hydrogens is 544 g/mol. The molecule has 6 atom stereocenters. The Kier molecular flexibility index (Phi) is 7.21. The molecule has 2 heterocycles. The number of rotatable bonds is 7. The molecule has 0 radical (unpaired) electrons. The number of halogens is 6. The number of hydrogen-bond donors (Lipinski definition) is 3. The molecule has 2 saturated carbocycles. The number of fused-ring (bicyclic) bond motifs is 1. The minimum absolute atomic E-state index is 0.0175. The Balaban J connectivity index is 1.54. The summed E-state index contributed by atoms with van der Waals surface area (Å²) in [6.07, 6.45) is -9.12. The SMILES string of the molecule is CC(C)(C)[C@H](NC(C(F)(F)F)C(F)(F)F)C(=O)N1C[C@H]2[C@@H]([C@H]1C(=O)N[C@H](C#N)C[C@@H]1CC3(CC3)NC1=O)C2(C)C. The number of hydrogen-bond acceptors (Lipinski definition) is 5. The summed E-state index contributed by atoms with van der Waals surface area (Å²) in [6.45, 7) is 7.74. The molecule has 3 N–H and O–H groups in total. The molecule has 4 rings (SSSR count). The maximum Gasteiger partial charge on any atom is 0.412 e. The molecule has 4 aliphatic rings. The van der Waals surface area contributed by atoms with Crippen molar-refractivity contribution in [3.05, 3.63) is 0 Å². The lowest BCUT2D eigenvalue weighted by Crippen LogP contribution is -2.64. The summed E-state index contributed by atoms with van der Waals surface area (Å²) in [5.41, 5.74) is -2.00. The highest BCUT2D eigenvalue weighted by molar-refractivity contribution is 5.92. The van der Waals surface area contributed by atoms with Gasteiger partial charge in [-0.25, -0.2) is 0 Å². The Morgan fingerprint density at radius 1 is 1.12 bits per heavy atom. The highest BCUT2D eigenvalue weighted by Gasteiger charge is 2.70. The average Bonchev–Trinajstić information content (AvgIpc) is 3.49. The van der Waals surface area contributed by atoms with E-state index in [0.717, 1.165) is 17.7 Å². The van der Waals surface area contributed by atoms with Gasteiger partial charge in [-0.15, -0.1) is 0 Å². The number of carbonyl (C=O) groups excluding carboxylic acids is 3. The molecule has 14 heteroatoms. The number of nitriles is 1. The first-order valence-electron chi connectivity index (χ1n) is 13.3. The van der Waals surface area contributed by atoms with E-state index in [2.05, 4.69) is 10.6 Å². The van der Waals surface area contributed by atoms with Crippen LogP contribution in [-0.4, -0.2) is 71.2 Å². The molecule has 0 aromatic rings. The van der Waals surface area contributed by atoms with Crippen molar-refractivity contribution >= 4 is 17.7 Å². The van der Waals surface area contributed by atoms with Gasteiger partial charge in [-0.05, 0) is 48.3 Å². The van der Waals surface area contributed by atoms with Crippen LogP contribution in [0.25, 0.3) is 0 Å². The van der Waals surface area contributed by atoms with Gasteiger partial charge in [0.25, 0.3) is 0 Å². The quantitative estimate of drug-likeness (QED) is 0.402. The summed E-state index contributed by atoms with van der Waals surface area (Å²) in [4.78, 5) is 40.6. The molecule has 2 aliphatic heterocycles. The fourth-order valence-corrected chi connectivity index (χ4v) is 6.55. The van der Waals surface area contributed by atoms with Gasteiger partial charge in [0.2, 0.25) is 23.8 Å². The largest absolute Gasteiger partial charge is 0.412 e. The van der Waals surface area contributed by atoms with E-state index in [9.17, 15) is 46.0 Å². The molecule has 8 nitrogen and oxygen atoms in total. The van der Waals surface area contributed by atoms with E-state index in [1.807, 2.05) is 19.9 Å².